The summed E-state index contributed by atoms with van der Waals surface area (Å²) in [5.41, 5.74) is 0. The first-order chi connectivity index (χ1) is 6.15. The number of hydrogen-bond donors (Lipinski definition) is 0. The van der Waals surface area contributed by atoms with Gasteiger partial charge in [0.25, 0.3) is 0 Å². The fraction of sp³-hybridized carbons (Fsp3) is 0.778. The van der Waals surface area contributed by atoms with E-state index in [0.29, 0.717) is 6.54 Å². The molecule has 0 radical (unpaired) electrons. The van der Waals surface area contributed by atoms with Gasteiger partial charge in [0.05, 0.1) is 7.11 Å². The van der Waals surface area contributed by atoms with Gasteiger partial charge in [-0.25, -0.2) is 4.79 Å². The van der Waals surface area contributed by atoms with Crippen LogP contribution in [-0.2, 0) is 14.3 Å². The average Bonchev–Trinajstić information content (AvgIpc) is 2.15. The van der Waals surface area contributed by atoms with Crippen molar-refractivity contribution in [3.63, 3.8) is 0 Å². The van der Waals surface area contributed by atoms with Crippen molar-refractivity contribution in [3.8, 4) is 0 Å². The fourth-order valence-corrected chi connectivity index (χ4v) is 1.65. The lowest BCUT2D eigenvalue weighted by Crippen LogP contribution is -2.39. The molecule has 0 aromatic heterocycles. The van der Waals surface area contributed by atoms with Crippen molar-refractivity contribution in [2.24, 2.45) is 5.92 Å². The van der Waals surface area contributed by atoms with Crippen molar-refractivity contribution in [1.29, 1.82) is 0 Å². The number of carbonyl (C=O) groups is 2. The Morgan fingerprint density at radius 2 is 2.15 bits per heavy atom. The number of likely N-dealkylation sites (tertiary alicyclic amines) is 1. The minimum atomic E-state index is -0.708. The van der Waals surface area contributed by atoms with E-state index in [4.69, 9.17) is 0 Å². The Morgan fingerprint density at radius 1 is 1.46 bits per heavy atom. The van der Waals surface area contributed by atoms with Gasteiger partial charge in [-0.05, 0) is 26.4 Å². The zero-order valence-corrected chi connectivity index (χ0v) is 8.08. The predicted octanol–water partition coefficient (Wildman–Crippen LogP) is 0.0703. The standard InChI is InChI=1S/C9H15NO3/c1-10-5-3-4-7(6-10)8(11)9(12)13-2/h7H,3-6H2,1-2H3. The molecule has 1 aliphatic rings. The second kappa shape index (κ2) is 4.37. The molecule has 0 saturated carbocycles. The molecular weight excluding hydrogens is 170 g/mol. The molecule has 0 spiro atoms. The maximum atomic E-state index is 11.4. The third-order valence-electron chi connectivity index (χ3n) is 2.38. The molecule has 0 aromatic carbocycles. The number of ether oxygens (including phenoxy) is 1. The van der Waals surface area contributed by atoms with Crippen LogP contribution in [0.5, 0.6) is 0 Å². The van der Waals surface area contributed by atoms with Crippen molar-refractivity contribution in [2.45, 2.75) is 12.8 Å². The van der Waals surface area contributed by atoms with Gasteiger partial charge in [-0.15, -0.1) is 0 Å². The van der Waals surface area contributed by atoms with Crippen LogP contribution in [0.25, 0.3) is 0 Å². The molecule has 1 fully saturated rings. The maximum absolute atomic E-state index is 11.4. The minimum absolute atomic E-state index is 0.161. The quantitative estimate of drug-likeness (QED) is 0.451. The summed E-state index contributed by atoms with van der Waals surface area (Å²) in [7, 11) is 3.20. The van der Waals surface area contributed by atoms with Crippen LogP contribution in [0.2, 0.25) is 0 Å². The molecule has 13 heavy (non-hydrogen) atoms. The summed E-state index contributed by atoms with van der Waals surface area (Å²) >= 11 is 0. The van der Waals surface area contributed by atoms with Crippen LogP contribution in [0.4, 0.5) is 0 Å². The first-order valence-electron chi connectivity index (χ1n) is 4.46. The Kier molecular flexibility index (Phi) is 3.42. The summed E-state index contributed by atoms with van der Waals surface area (Å²) in [5, 5.41) is 0. The molecule has 74 valence electrons. The Hall–Kier alpha value is -0.900. The average molecular weight is 185 g/mol. The van der Waals surface area contributed by atoms with Gasteiger partial charge in [0.15, 0.2) is 0 Å². The van der Waals surface area contributed by atoms with Crippen molar-refractivity contribution >= 4 is 11.8 Å². The molecular formula is C9H15NO3. The van der Waals surface area contributed by atoms with Crippen LogP contribution in [0.15, 0.2) is 0 Å². The van der Waals surface area contributed by atoms with Crippen LogP contribution in [0, 0.1) is 5.92 Å². The lowest BCUT2D eigenvalue weighted by atomic mass is 9.94. The number of nitrogens with zero attached hydrogens (tertiary/aromatic N) is 1. The Balaban J connectivity index is 2.51. The van der Waals surface area contributed by atoms with Crippen molar-refractivity contribution in [2.75, 3.05) is 27.2 Å². The fourth-order valence-electron chi connectivity index (χ4n) is 1.65. The van der Waals surface area contributed by atoms with Crippen LogP contribution in [-0.4, -0.2) is 43.9 Å². The summed E-state index contributed by atoms with van der Waals surface area (Å²) < 4.78 is 4.39. The van der Waals surface area contributed by atoms with E-state index in [1.165, 1.54) is 7.11 Å². The first-order valence-corrected chi connectivity index (χ1v) is 4.46. The van der Waals surface area contributed by atoms with Crippen molar-refractivity contribution in [3.05, 3.63) is 0 Å². The summed E-state index contributed by atoms with van der Waals surface area (Å²) in [4.78, 5) is 24.4. The number of rotatable bonds is 2. The molecule has 0 N–H and O–H groups in total. The summed E-state index contributed by atoms with van der Waals surface area (Å²) in [6, 6.07) is 0. The van der Waals surface area contributed by atoms with Gasteiger partial charge in [0, 0.05) is 12.5 Å². The Morgan fingerprint density at radius 3 is 2.69 bits per heavy atom. The normalized spacial score (nSPS) is 24.0. The van der Waals surface area contributed by atoms with E-state index in [0.717, 1.165) is 19.4 Å². The molecule has 0 amide bonds. The number of ketones is 1. The highest BCUT2D eigenvalue weighted by Gasteiger charge is 2.29. The Bertz CT molecular complexity index is 215. The molecule has 1 saturated heterocycles. The molecule has 1 atom stereocenters. The topological polar surface area (TPSA) is 46.6 Å². The molecule has 0 aliphatic carbocycles. The number of esters is 1. The molecule has 1 rings (SSSR count). The highest BCUT2D eigenvalue weighted by molar-refractivity contribution is 6.34. The summed E-state index contributed by atoms with van der Waals surface area (Å²) in [6.07, 6.45) is 1.78. The number of Topliss-reactive ketones (excluding diaryl/α,β-unsaturated/α-hetero) is 1. The Labute approximate surface area is 77.8 Å². The van der Waals surface area contributed by atoms with Gasteiger partial charge in [-0.2, -0.15) is 0 Å². The minimum Gasteiger partial charge on any atom is -0.463 e. The molecule has 1 aliphatic heterocycles. The van der Waals surface area contributed by atoms with Gasteiger partial charge in [0.1, 0.15) is 0 Å². The zero-order chi connectivity index (χ0) is 9.84. The van der Waals surface area contributed by atoms with Gasteiger partial charge < -0.3 is 9.64 Å². The van der Waals surface area contributed by atoms with E-state index in [2.05, 4.69) is 9.64 Å². The first kappa shape index (κ1) is 10.2. The van der Waals surface area contributed by atoms with E-state index in [-0.39, 0.29) is 11.7 Å². The van der Waals surface area contributed by atoms with Crippen molar-refractivity contribution < 1.29 is 14.3 Å². The SMILES string of the molecule is COC(=O)C(=O)C1CCCN(C)C1. The second-order valence-electron chi connectivity index (χ2n) is 3.46. The van der Waals surface area contributed by atoms with E-state index >= 15 is 0 Å². The molecule has 4 heteroatoms. The molecule has 4 nitrogen and oxygen atoms in total. The highest BCUT2D eigenvalue weighted by atomic mass is 16.5. The lowest BCUT2D eigenvalue weighted by molar-refractivity contribution is -0.154. The third-order valence-corrected chi connectivity index (χ3v) is 2.38. The summed E-state index contributed by atoms with van der Waals surface area (Å²) in [5.74, 6) is -1.25. The smallest absolute Gasteiger partial charge is 0.374 e. The number of piperidine rings is 1. The van der Waals surface area contributed by atoms with E-state index in [1.54, 1.807) is 0 Å². The molecule has 1 heterocycles. The molecule has 0 aromatic rings. The van der Waals surface area contributed by atoms with Crippen LogP contribution in [0.1, 0.15) is 12.8 Å². The van der Waals surface area contributed by atoms with Gasteiger partial charge in [-0.1, -0.05) is 0 Å². The lowest BCUT2D eigenvalue weighted by Gasteiger charge is -2.27. The van der Waals surface area contributed by atoms with Crippen LogP contribution >= 0.6 is 0 Å². The number of carbonyl (C=O) groups excluding carboxylic acids is 2. The predicted molar refractivity (Wildman–Crippen MR) is 47.2 cm³/mol. The van der Waals surface area contributed by atoms with Crippen molar-refractivity contribution in [1.82, 2.24) is 4.90 Å². The molecule has 1 unspecified atom stereocenters. The number of methoxy groups -OCH3 is 1. The number of hydrogen-bond acceptors (Lipinski definition) is 4. The van der Waals surface area contributed by atoms with Crippen LogP contribution in [0.3, 0.4) is 0 Å². The summed E-state index contributed by atoms with van der Waals surface area (Å²) in [6.45, 7) is 1.68. The van der Waals surface area contributed by atoms with Gasteiger partial charge >= 0.3 is 5.97 Å². The molecule has 0 bridgehead atoms. The van der Waals surface area contributed by atoms with Gasteiger partial charge in [-0.3, -0.25) is 4.79 Å². The second-order valence-corrected chi connectivity index (χ2v) is 3.46. The van der Waals surface area contributed by atoms with E-state index < -0.39 is 5.97 Å². The van der Waals surface area contributed by atoms with Crippen LogP contribution < -0.4 is 0 Å². The maximum Gasteiger partial charge on any atom is 0.374 e. The largest absolute Gasteiger partial charge is 0.463 e. The highest BCUT2D eigenvalue weighted by Crippen LogP contribution is 2.16. The van der Waals surface area contributed by atoms with E-state index in [1.807, 2.05) is 7.05 Å². The monoisotopic (exact) mass is 185 g/mol. The third kappa shape index (κ3) is 2.52. The van der Waals surface area contributed by atoms with Gasteiger partial charge in [0.2, 0.25) is 5.78 Å². The zero-order valence-electron chi connectivity index (χ0n) is 8.08. The van der Waals surface area contributed by atoms with E-state index in [9.17, 15) is 9.59 Å².